The van der Waals surface area contributed by atoms with Crippen LogP contribution in [0.25, 0.3) is 0 Å². The van der Waals surface area contributed by atoms with Crippen LogP contribution >= 0.6 is 11.6 Å². The van der Waals surface area contributed by atoms with E-state index in [9.17, 15) is 14.9 Å². The number of nitrogens with zero attached hydrogens (tertiary/aromatic N) is 1. The largest absolute Gasteiger partial charge is 0.398 e. The summed E-state index contributed by atoms with van der Waals surface area (Å²) in [4.78, 5) is 21.3. The van der Waals surface area contributed by atoms with Crippen molar-refractivity contribution < 1.29 is 9.72 Å². The number of hydrogen-bond acceptors (Lipinski definition) is 4. The van der Waals surface area contributed by atoms with Gasteiger partial charge < -0.3 is 5.73 Å². The fourth-order valence-corrected chi connectivity index (χ4v) is 1.37. The van der Waals surface area contributed by atoms with E-state index in [4.69, 9.17) is 17.3 Å². The topological polar surface area (TPSA) is 86.2 Å². The number of anilines is 1. The van der Waals surface area contributed by atoms with Crippen LogP contribution in [0, 0.1) is 17.0 Å². The van der Waals surface area contributed by atoms with E-state index in [1.54, 1.807) is 6.92 Å². The second kappa shape index (κ2) is 4.27. The van der Waals surface area contributed by atoms with Gasteiger partial charge in [0, 0.05) is 22.9 Å². The molecular weight excluding hydrogens is 220 g/mol. The molecule has 1 aromatic rings. The van der Waals surface area contributed by atoms with Gasteiger partial charge in [-0.15, -0.1) is 11.6 Å². The fraction of sp³-hybridized carbons (Fsp3) is 0.222. The number of carbonyl (C=O) groups is 1. The Morgan fingerprint density at radius 2 is 2.20 bits per heavy atom. The first-order chi connectivity index (χ1) is 6.97. The van der Waals surface area contributed by atoms with Gasteiger partial charge in [0.15, 0.2) is 5.78 Å². The first-order valence-electron chi connectivity index (χ1n) is 4.11. The van der Waals surface area contributed by atoms with Crippen LogP contribution in [0.4, 0.5) is 11.4 Å². The number of nitro groups is 1. The molecule has 0 bridgehead atoms. The van der Waals surface area contributed by atoms with E-state index in [0.717, 1.165) is 0 Å². The van der Waals surface area contributed by atoms with Crippen LogP contribution in [0.1, 0.15) is 15.9 Å². The zero-order chi connectivity index (χ0) is 11.6. The number of carbonyl (C=O) groups excluding carboxylic acids is 1. The van der Waals surface area contributed by atoms with E-state index in [-0.39, 0.29) is 28.6 Å². The zero-order valence-electron chi connectivity index (χ0n) is 7.99. The molecule has 0 heterocycles. The maximum atomic E-state index is 11.3. The second-order valence-corrected chi connectivity index (χ2v) is 3.31. The average Bonchev–Trinajstić information content (AvgIpc) is 2.19. The quantitative estimate of drug-likeness (QED) is 0.281. The van der Waals surface area contributed by atoms with Crippen LogP contribution in [0.5, 0.6) is 0 Å². The number of nitro benzene ring substituents is 1. The van der Waals surface area contributed by atoms with Crippen molar-refractivity contribution in [3.63, 3.8) is 0 Å². The summed E-state index contributed by atoms with van der Waals surface area (Å²) in [6, 6.07) is 2.56. The number of nitrogens with two attached hydrogens (primary N) is 1. The van der Waals surface area contributed by atoms with Crippen LogP contribution < -0.4 is 5.73 Å². The molecule has 0 amide bonds. The molecule has 0 aromatic heterocycles. The summed E-state index contributed by atoms with van der Waals surface area (Å²) in [5.74, 6) is -0.534. The van der Waals surface area contributed by atoms with Gasteiger partial charge in [0.1, 0.15) is 0 Å². The molecule has 80 valence electrons. The van der Waals surface area contributed by atoms with Gasteiger partial charge in [-0.3, -0.25) is 14.9 Å². The SMILES string of the molecule is Cc1cc(C(=O)CCl)c(N)cc1[N+](=O)[O-]. The number of hydrogen-bond donors (Lipinski definition) is 1. The van der Waals surface area contributed by atoms with Gasteiger partial charge in [-0.1, -0.05) is 0 Å². The first-order valence-corrected chi connectivity index (χ1v) is 4.64. The van der Waals surface area contributed by atoms with E-state index in [1.807, 2.05) is 0 Å². The molecule has 0 atom stereocenters. The lowest BCUT2D eigenvalue weighted by atomic mass is 10.0. The Balaban J connectivity index is 3.31. The lowest BCUT2D eigenvalue weighted by molar-refractivity contribution is -0.385. The lowest BCUT2D eigenvalue weighted by Gasteiger charge is -2.04. The molecule has 0 saturated carbocycles. The number of nitrogen functional groups attached to an aromatic ring is 1. The van der Waals surface area contributed by atoms with Gasteiger partial charge in [0.25, 0.3) is 5.69 Å². The van der Waals surface area contributed by atoms with Crippen molar-refractivity contribution in [1.82, 2.24) is 0 Å². The number of ketones is 1. The van der Waals surface area contributed by atoms with E-state index in [0.29, 0.717) is 5.56 Å². The molecule has 6 heteroatoms. The molecule has 0 radical (unpaired) electrons. The van der Waals surface area contributed by atoms with E-state index in [1.165, 1.54) is 12.1 Å². The minimum absolute atomic E-state index is 0.0814. The van der Waals surface area contributed by atoms with E-state index >= 15 is 0 Å². The highest BCUT2D eigenvalue weighted by atomic mass is 35.5. The van der Waals surface area contributed by atoms with Gasteiger partial charge in [-0.25, -0.2) is 0 Å². The number of halogens is 1. The summed E-state index contributed by atoms with van der Waals surface area (Å²) in [7, 11) is 0. The highest BCUT2D eigenvalue weighted by Crippen LogP contribution is 2.25. The first kappa shape index (κ1) is 11.5. The van der Waals surface area contributed by atoms with Crippen LogP contribution in [0.2, 0.25) is 0 Å². The fourth-order valence-electron chi connectivity index (χ4n) is 1.22. The molecule has 2 N–H and O–H groups in total. The summed E-state index contributed by atoms with van der Waals surface area (Å²) < 4.78 is 0. The number of rotatable bonds is 3. The van der Waals surface area contributed by atoms with Gasteiger partial charge in [-0.05, 0) is 13.0 Å². The molecule has 1 rings (SSSR count). The van der Waals surface area contributed by atoms with E-state index < -0.39 is 4.92 Å². The van der Waals surface area contributed by atoms with Crippen molar-refractivity contribution >= 4 is 28.8 Å². The van der Waals surface area contributed by atoms with Crippen LogP contribution in [-0.4, -0.2) is 16.6 Å². The van der Waals surface area contributed by atoms with Crippen LogP contribution in [-0.2, 0) is 0 Å². The van der Waals surface area contributed by atoms with Crippen LogP contribution in [0.15, 0.2) is 12.1 Å². The van der Waals surface area contributed by atoms with Gasteiger partial charge in [0.05, 0.1) is 10.8 Å². The molecule has 0 aliphatic rings. The summed E-state index contributed by atoms with van der Waals surface area (Å²) in [6.07, 6.45) is 0. The third kappa shape index (κ3) is 2.24. The summed E-state index contributed by atoms with van der Waals surface area (Å²) in [5, 5.41) is 10.6. The second-order valence-electron chi connectivity index (χ2n) is 3.04. The highest BCUT2D eigenvalue weighted by molar-refractivity contribution is 6.31. The normalized spacial score (nSPS) is 10.0. The molecule has 0 spiro atoms. The summed E-state index contributed by atoms with van der Waals surface area (Å²) >= 11 is 5.37. The smallest absolute Gasteiger partial charge is 0.274 e. The van der Waals surface area contributed by atoms with Gasteiger partial charge in [0.2, 0.25) is 0 Å². The summed E-state index contributed by atoms with van der Waals surface area (Å²) in [6.45, 7) is 1.54. The molecule has 1 aromatic carbocycles. The number of aryl methyl sites for hydroxylation is 1. The monoisotopic (exact) mass is 228 g/mol. The predicted molar refractivity (Wildman–Crippen MR) is 57.3 cm³/mol. The minimum atomic E-state index is -0.541. The molecule has 0 unspecified atom stereocenters. The molecule has 15 heavy (non-hydrogen) atoms. The molecule has 0 saturated heterocycles. The third-order valence-electron chi connectivity index (χ3n) is 1.99. The minimum Gasteiger partial charge on any atom is -0.398 e. The average molecular weight is 229 g/mol. The Morgan fingerprint density at radius 1 is 1.60 bits per heavy atom. The molecule has 5 nitrogen and oxygen atoms in total. The Hall–Kier alpha value is -1.62. The predicted octanol–water partition coefficient (Wildman–Crippen LogP) is 1.91. The Bertz CT molecular complexity index is 432. The highest BCUT2D eigenvalue weighted by Gasteiger charge is 2.16. The number of Topliss-reactive ketones (excluding diaryl/α,β-unsaturated/α-hetero) is 1. The van der Waals surface area contributed by atoms with Gasteiger partial charge in [-0.2, -0.15) is 0 Å². The maximum absolute atomic E-state index is 11.3. The maximum Gasteiger partial charge on any atom is 0.274 e. The Labute approximate surface area is 91.0 Å². The Kier molecular flexibility index (Phi) is 3.26. The zero-order valence-corrected chi connectivity index (χ0v) is 8.75. The number of benzene rings is 1. The van der Waals surface area contributed by atoms with Crippen molar-refractivity contribution in [1.29, 1.82) is 0 Å². The third-order valence-corrected chi connectivity index (χ3v) is 2.23. The molecular formula is C9H9ClN2O3. The summed E-state index contributed by atoms with van der Waals surface area (Å²) in [5.41, 5.74) is 6.12. The lowest BCUT2D eigenvalue weighted by Crippen LogP contribution is -2.06. The van der Waals surface area contributed by atoms with Gasteiger partial charge >= 0.3 is 0 Å². The van der Waals surface area contributed by atoms with Crippen molar-refractivity contribution in [2.75, 3.05) is 11.6 Å². The van der Waals surface area contributed by atoms with Crippen molar-refractivity contribution in [2.24, 2.45) is 0 Å². The van der Waals surface area contributed by atoms with Crippen LogP contribution in [0.3, 0.4) is 0 Å². The molecule has 0 aliphatic carbocycles. The molecule has 0 aliphatic heterocycles. The molecule has 0 fully saturated rings. The number of alkyl halides is 1. The Morgan fingerprint density at radius 3 is 2.67 bits per heavy atom. The van der Waals surface area contributed by atoms with E-state index in [2.05, 4.69) is 0 Å². The van der Waals surface area contributed by atoms with Crippen molar-refractivity contribution in [2.45, 2.75) is 6.92 Å². The van der Waals surface area contributed by atoms with Crippen molar-refractivity contribution in [3.8, 4) is 0 Å². The standard InChI is InChI=1S/C9H9ClN2O3/c1-5-2-6(9(13)4-10)7(11)3-8(5)12(14)15/h2-3H,4,11H2,1H3. The van der Waals surface area contributed by atoms with Crippen molar-refractivity contribution in [3.05, 3.63) is 33.4 Å².